The van der Waals surface area contributed by atoms with E-state index < -0.39 is 11.9 Å². The molecule has 0 bridgehead atoms. The number of piperidine rings is 1. The van der Waals surface area contributed by atoms with Crippen molar-refractivity contribution in [2.45, 2.75) is 32.7 Å². The van der Waals surface area contributed by atoms with Crippen molar-refractivity contribution in [1.29, 1.82) is 0 Å². The Balaban J connectivity index is 1.66. The second-order valence-electron chi connectivity index (χ2n) is 6.14. The zero-order valence-corrected chi connectivity index (χ0v) is 14.8. The first-order valence-electron chi connectivity index (χ1n) is 7.89. The number of rotatable bonds is 6. The minimum atomic E-state index is -0.820. The topological polar surface area (TPSA) is 87.5 Å². The fourth-order valence-electron chi connectivity index (χ4n) is 2.86. The Bertz CT molecular complexity index is 549. The first-order chi connectivity index (χ1) is 11.0. The molecule has 0 radical (unpaired) electrons. The van der Waals surface area contributed by atoms with Gasteiger partial charge in [0.2, 0.25) is 0 Å². The summed E-state index contributed by atoms with van der Waals surface area (Å²) >= 11 is 3.35. The van der Waals surface area contributed by atoms with Crippen LogP contribution in [0.15, 0.2) is 16.9 Å². The fraction of sp³-hybridized carbons (Fsp3) is 0.667. The first-order valence-corrected chi connectivity index (χ1v) is 8.68. The van der Waals surface area contributed by atoms with E-state index in [0.717, 1.165) is 23.9 Å². The summed E-state index contributed by atoms with van der Waals surface area (Å²) in [6, 6.07) is -0.162. The van der Waals surface area contributed by atoms with Gasteiger partial charge in [-0.2, -0.15) is 5.10 Å². The highest BCUT2D eigenvalue weighted by Crippen LogP contribution is 2.21. The maximum Gasteiger partial charge on any atom is 0.317 e. The minimum absolute atomic E-state index is 0.162. The van der Waals surface area contributed by atoms with Gasteiger partial charge in [-0.3, -0.25) is 9.48 Å². The van der Waals surface area contributed by atoms with E-state index >= 15 is 0 Å². The summed E-state index contributed by atoms with van der Waals surface area (Å²) < 4.78 is 2.81. The molecule has 0 saturated carbocycles. The number of unbranched alkanes of at least 4 members (excludes halogenated alkanes) is 1. The van der Waals surface area contributed by atoms with Gasteiger partial charge < -0.3 is 15.3 Å². The molecule has 1 aliphatic heterocycles. The number of hydrogen-bond donors (Lipinski definition) is 2. The first kappa shape index (κ1) is 17.8. The van der Waals surface area contributed by atoms with Crippen molar-refractivity contribution in [2.75, 3.05) is 19.6 Å². The number of carboxylic acid groups (broad SMARTS) is 1. The quantitative estimate of drug-likeness (QED) is 0.733. The van der Waals surface area contributed by atoms with Crippen molar-refractivity contribution < 1.29 is 14.7 Å². The molecule has 1 aliphatic rings. The van der Waals surface area contributed by atoms with Gasteiger partial charge in [-0.1, -0.05) is 6.92 Å². The van der Waals surface area contributed by atoms with Crippen molar-refractivity contribution in [3.63, 3.8) is 0 Å². The van der Waals surface area contributed by atoms with E-state index in [9.17, 15) is 9.59 Å². The molecule has 2 rings (SSSR count). The Kier molecular flexibility index (Phi) is 6.44. The molecule has 0 aromatic carbocycles. The number of carbonyl (C=O) groups excluding carboxylic acids is 1. The molecule has 7 nitrogen and oxygen atoms in total. The van der Waals surface area contributed by atoms with Gasteiger partial charge in [-0.15, -0.1) is 0 Å². The van der Waals surface area contributed by atoms with Crippen LogP contribution in [0.1, 0.15) is 26.2 Å². The van der Waals surface area contributed by atoms with E-state index in [-0.39, 0.29) is 11.9 Å². The summed E-state index contributed by atoms with van der Waals surface area (Å²) in [6.07, 6.45) is 6.08. The number of halogens is 1. The number of aliphatic carboxylic acids is 1. The van der Waals surface area contributed by atoms with E-state index in [4.69, 9.17) is 5.11 Å². The van der Waals surface area contributed by atoms with E-state index in [1.807, 2.05) is 17.8 Å². The molecule has 2 amide bonds. The Morgan fingerprint density at radius 3 is 2.87 bits per heavy atom. The van der Waals surface area contributed by atoms with E-state index in [0.29, 0.717) is 26.1 Å². The van der Waals surface area contributed by atoms with Gasteiger partial charge in [0.25, 0.3) is 0 Å². The number of hydrogen-bond acceptors (Lipinski definition) is 3. The number of aromatic nitrogens is 2. The van der Waals surface area contributed by atoms with Gasteiger partial charge in [0.1, 0.15) is 0 Å². The minimum Gasteiger partial charge on any atom is -0.481 e. The molecule has 8 heteroatoms. The highest BCUT2D eigenvalue weighted by Gasteiger charge is 2.31. The fourth-order valence-corrected chi connectivity index (χ4v) is 3.19. The summed E-state index contributed by atoms with van der Waals surface area (Å²) in [4.78, 5) is 24.9. The lowest BCUT2D eigenvalue weighted by Gasteiger charge is -2.34. The predicted octanol–water partition coefficient (Wildman–Crippen LogP) is 2.18. The molecule has 0 aliphatic carbocycles. The van der Waals surface area contributed by atoms with Crippen LogP contribution in [0.2, 0.25) is 0 Å². The standard InChI is InChI=1S/C15H23BrN4O3/c1-11-6-12(14(21)22)9-19(8-11)15(23)17-4-2-3-5-20-10-13(16)7-18-20/h7,10-12H,2-6,8-9H2,1H3,(H,17,23)(H,21,22). The van der Waals surface area contributed by atoms with Gasteiger partial charge in [-0.05, 0) is 41.1 Å². The Morgan fingerprint density at radius 2 is 2.22 bits per heavy atom. The number of nitrogens with zero attached hydrogens (tertiary/aromatic N) is 3. The molecule has 2 unspecified atom stereocenters. The van der Waals surface area contributed by atoms with Crippen LogP contribution in [0, 0.1) is 11.8 Å². The van der Waals surface area contributed by atoms with Gasteiger partial charge >= 0.3 is 12.0 Å². The number of aryl methyl sites for hydroxylation is 1. The molecule has 23 heavy (non-hydrogen) atoms. The Labute approximate surface area is 144 Å². The summed E-state index contributed by atoms with van der Waals surface area (Å²) in [7, 11) is 0. The monoisotopic (exact) mass is 386 g/mol. The van der Waals surface area contributed by atoms with Gasteiger partial charge in [0.15, 0.2) is 0 Å². The Morgan fingerprint density at radius 1 is 1.43 bits per heavy atom. The van der Waals surface area contributed by atoms with Crippen LogP contribution in [-0.2, 0) is 11.3 Å². The zero-order chi connectivity index (χ0) is 16.8. The van der Waals surface area contributed by atoms with Crippen LogP contribution < -0.4 is 5.32 Å². The molecule has 2 atom stereocenters. The summed E-state index contributed by atoms with van der Waals surface area (Å²) in [5.74, 6) is -1.06. The lowest BCUT2D eigenvalue weighted by atomic mass is 9.91. The number of carbonyl (C=O) groups is 2. The van der Waals surface area contributed by atoms with Crippen molar-refractivity contribution in [3.05, 3.63) is 16.9 Å². The summed E-state index contributed by atoms with van der Waals surface area (Å²) in [6.45, 7) is 4.30. The normalized spacial score (nSPS) is 21.2. The van der Waals surface area contributed by atoms with Crippen molar-refractivity contribution in [1.82, 2.24) is 20.0 Å². The average Bonchev–Trinajstić information content (AvgIpc) is 2.91. The second-order valence-corrected chi connectivity index (χ2v) is 7.06. The number of likely N-dealkylation sites (tertiary alicyclic amines) is 1. The van der Waals surface area contributed by atoms with Crippen LogP contribution in [0.5, 0.6) is 0 Å². The number of urea groups is 1. The van der Waals surface area contributed by atoms with Gasteiger partial charge in [-0.25, -0.2) is 4.79 Å². The molecule has 1 aromatic rings. The third-order valence-electron chi connectivity index (χ3n) is 3.99. The van der Waals surface area contributed by atoms with Crippen LogP contribution in [-0.4, -0.2) is 51.4 Å². The van der Waals surface area contributed by atoms with Crippen LogP contribution >= 0.6 is 15.9 Å². The summed E-state index contributed by atoms with van der Waals surface area (Å²) in [5.41, 5.74) is 0. The number of nitrogens with one attached hydrogen (secondary N) is 1. The molecule has 2 N–H and O–H groups in total. The van der Waals surface area contributed by atoms with Crippen LogP contribution in [0.3, 0.4) is 0 Å². The molecular weight excluding hydrogens is 364 g/mol. The van der Waals surface area contributed by atoms with Gasteiger partial charge in [0.05, 0.1) is 16.6 Å². The third kappa shape index (κ3) is 5.53. The SMILES string of the molecule is CC1CC(C(=O)O)CN(C(=O)NCCCCn2cc(Br)cn2)C1. The van der Waals surface area contributed by atoms with Gasteiger partial charge in [0, 0.05) is 32.4 Å². The van der Waals surface area contributed by atoms with Crippen molar-refractivity contribution >= 4 is 27.9 Å². The van der Waals surface area contributed by atoms with E-state index in [1.54, 1.807) is 11.1 Å². The molecule has 1 fully saturated rings. The highest BCUT2D eigenvalue weighted by molar-refractivity contribution is 9.10. The highest BCUT2D eigenvalue weighted by atomic mass is 79.9. The van der Waals surface area contributed by atoms with Crippen molar-refractivity contribution in [3.8, 4) is 0 Å². The van der Waals surface area contributed by atoms with Crippen molar-refractivity contribution in [2.24, 2.45) is 11.8 Å². The molecule has 128 valence electrons. The lowest BCUT2D eigenvalue weighted by Crippen LogP contribution is -2.49. The van der Waals surface area contributed by atoms with E-state index in [1.165, 1.54) is 0 Å². The third-order valence-corrected chi connectivity index (χ3v) is 4.40. The summed E-state index contributed by atoms with van der Waals surface area (Å²) in [5, 5.41) is 16.2. The molecular formula is C15H23BrN4O3. The molecule has 2 heterocycles. The smallest absolute Gasteiger partial charge is 0.317 e. The largest absolute Gasteiger partial charge is 0.481 e. The number of carboxylic acids is 1. The average molecular weight is 387 g/mol. The van der Waals surface area contributed by atoms with Crippen LogP contribution in [0.4, 0.5) is 4.79 Å². The Hall–Kier alpha value is -1.57. The number of amides is 2. The second kappa shape index (κ2) is 8.33. The van der Waals surface area contributed by atoms with E-state index in [2.05, 4.69) is 26.3 Å². The lowest BCUT2D eigenvalue weighted by molar-refractivity contribution is -0.143. The van der Waals surface area contributed by atoms with Crippen LogP contribution in [0.25, 0.3) is 0 Å². The zero-order valence-electron chi connectivity index (χ0n) is 13.2. The molecule has 0 spiro atoms. The molecule has 1 saturated heterocycles. The molecule has 1 aromatic heterocycles. The maximum absolute atomic E-state index is 12.1. The maximum atomic E-state index is 12.1. The predicted molar refractivity (Wildman–Crippen MR) is 89.0 cm³/mol.